The van der Waals surface area contributed by atoms with E-state index in [2.05, 4.69) is 20.8 Å². The van der Waals surface area contributed by atoms with Crippen molar-refractivity contribution in [1.82, 2.24) is 0 Å². The van der Waals surface area contributed by atoms with E-state index in [4.69, 9.17) is 19.9 Å². The number of hydrogen-bond donors (Lipinski definition) is 1. The van der Waals surface area contributed by atoms with Crippen molar-refractivity contribution in [2.75, 3.05) is 20.8 Å². The normalized spacial score (nSPS) is 14.2. The summed E-state index contributed by atoms with van der Waals surface area (Å²) in [5.74, 6) is 2.02. The Labute approximate surface area is 122 Å². The fourth-order valence-corrected chi connectivity index (χ4v) is 2.18. The predicted molar refractivity (Wildman–Crippen MR) is 81.3 cm³/mol. The molecule has 0 aliphatic heterocycles. The van der Waals surface area contributed by atoms with Crippen molar-refractivity contribution in [1.29, 1.82) is 0 Å². The SMILES string of the molecule is COc1ccc(C(N)COC(C)CC(C)C)cc1OC. The Morgan fingerprint density at radius 3 is 2.25 bits per heavy atom. The summed E-state index contributed by atoms with van der Waals surface area (Å²) in [7, 11) is 3.24. The van der Waals surface area contributed by atoms with Gasteiger partial charge in [-0.1, -0.05) is 19.9 Å². The molecule has 1 aromatic rings. The van der Waals surface area contributed by atoms with E-state index in [-0.39, 0.29) is 12.1 Å². The zero-order valence-electron chi connectivity index (χ0n) is 13.2. The van der Waals surface area contributed by atoms with E-state index in [1.165, 1.54) is 0 Å². The Morgan fingerprint density at radius 2 is 1.70 bits per heavy atom. The van der Waals surface area contributed by atoms with Crippen LogP contribution in [-0.2, 0) is 4.74 Å². The molecule has 20 heavy (non-hydrogen) atoms. The molecule has 4 nitrogen and oxygen atoms in total. The Balaban J connectivity index is 2.61. The molecule has 0 amide bonds. The summed E-state index contributed by atoms with van der Waals surface area (Å²) in [6, 6.07) is 5.55. The zero-order valence-corrected chi connectivity index (χ0v) is 13.2. The molecule has 1 aromatic carbocycles. The van der Waals surface area contributed by atoms with E-state index in [1.54, 1.807) is 14.2 Å². The van der Waals surface area contributed by atoms with Crippen LogP contribution in [0.4, 0.5) is 0 Å². The van der Waals surface area contributed by atoms with Gasteiger partial charge in [-0.2, -0.15) is 0 Å². The maximum atomic E-state index is 6.17. The molecule has 0 fully saturated rings. The highest BCUT2D eigenvalue weighted by atomic mass is 16.5. The summed E-state index contributed by atoms with van der Waals surface area (Å²) in [6.07, 6.45) is 1.26. The second-order valence-electron chi connectivity index (χ2n) is 5.49. The lowest BCUT2D eigenvalue weighted by atomic mass is 10.1. The fraction of sp³-hybridized carbons (Fsp3) is 0.625. The van der Waals surface area contributed by atoms with Crippen LogP contribution in [0.2, 0.25) is 0 Å². The molecular formula is C16H27NO3. The average Bonchev–Trinajstić information content (AvgIpc) is 2.43. The van der Waals surface area contributed by atoms with E-state index in [0.717, 1.165) is 12.0 Å². The van der Waals surface area contributed by atoms with Gasteiger partial charge in [-0.15, -0.1) is 0 Å². The Morgan fingerprint density at radius 1 is 1.05 bits per heavy atom. The minimum atomic E-state index is -0.163. The van der Waals surface area contributed by atoms with Crippen LogP contribution in [0.5, 0.6) is 11.5 Å². The van der Waals surface area contributed by atoms with Crippen molar-refractivity contribution < 1.29 is 14.2 Å². The van der Waals surface area contributed by atoms with E-state index >= 15 is 0 Å². The number of benzene rings is 1. The van der Waals surface area contributed by atoms with E-state index in [0.29, 0.717) is 24.0 Å². The van der Waals surface area contributed by atoms with Gasteiger partial charge in [0.2, 0.25) is 0 Å². The third-order valence-corrected chi connectivity index (χ3v) is 3.20. The quantitative estimate of drug-likeness (QED) is 0.795. The van der Waals surface area contributed by atoms with Gasteiger partial charge in [0.15, 0.2) is 11.5 Å². The zero-order chi connectivity index (χ0) is 15.1. The lowest BCUT2D eigenvalue weighted by Crippen LogP contribution is -2.21. The lowest BCUT2D eigenvalue weighted by Gasteiger charge is -2.19. The predicted octanol–water partition coefficient (Wildman–Crippen LogP) is 3.15. The third kappa shape index (κ3) is 5.02. The van der Waals surface area contributed by atoms with Crippen LogP contribution in [0, 0.1) is 5.92 Å². The van der Waals surface area contributed by atoms with Crippen molar-refractivity contribution in [2.45, 2.75) is 39.3 Å². The molecule has 0 spiro atoms. The van der Waals surface area contributed by atoms with Crippen molar-refractivity contribution >= 4 is 0 Å². The van der Waals surface area contributed by atoms with Crippen LogP contribution in [0.1, 0.15) is 38.8 Å². The Hall–Kier alpha value is -1.26. The van der Waals surface area contributed by atoms with Crippen LogP contribution >= 0.6 is 0 Å². The molecule has 0 bridgehead atoms. The number of hydrogen-bond acceptors (Lipinski definition) is 4. The highest BCUT2D eigenvalue weighted by Gasteiger charge is 2.13. The second kappa shape index (κ2) is 8.12. The molecule has 4 heteroatoms. The molecule has 2 N–H and O–H groups in total. The second-order valence-corrected chi connectivity index (χ2v) is 5.49. The average molecular weight is 281 g/mol. The largest absolute Gasteiger partial charge is 0.493 e. The van der Waals surface area contributed by atoms with Gasteiger partial charge in [0, 0.05) is 0 Å². The van der Waals surface area contributed by atoms with Crippen LogP contribution < -0.4 is 15.2 Å². The van der Waals surface area contributed by atoms with E-state index in [9.17, 15) is 0 Å². The maximum Gasteiger partial charge on any atom is 0.161 e. The molecule has 0 saturated heterocycles. The Kier molecular flexibility index (Phi) is 6.82. The fourth-order valence-electron chi connectivity index (χ4n) is 2.18. The first-order chi connectivity index (χ1) is 9.47. The van der Waals surface area contributed by atoms with Gasteiger partial charge < -0.3 is 19.9 Å². The first-order valence-corrected chi connectivity index (χ1v) is 7.07. The van der Waals surface area contributed by atoms with Gasteiger partial charge in [0.25, 0.3) is 0 Å². The lowest BCUT2D eigenvalue weighted by molar-refractivity contribution is 0.0430. The third-order valence-electron chi connectivity index (χ3n) is 3.20. The highest BCUT2D eigenvalue weighted by Crippen LogP contribution is 2.29. The van der Waals surface area contributed by atoms with Crippen LogP contribution in [0.25, 0.3) is 0 Å². The smallest absolute Gasteiger partial charge is 0.161 e. The van der Waals surface area contributed by atoms with Crippen molar-refractivity contribution in [2.24, 2.45) is 11.7 Å². The van der Waals surface area contributed by atoms with Gasteiger partial charge in [0.05, 0.1) is 33.0 Å². The van der Waals surface area contributed by atoms with Crippen molar-refractivity contribution in [3.8, 4) is 11.5 Å². The molecule has 0 saturated carbocycles. The molecule has 0 aliphatic rings. The number of nitrogens with two attached hydrogens (primary N) is 1. The van der Waals surface area contributed by atoms with Gasteiger partial charge in [0.1, 0.15) is 0 Å². The Bertz CT molecular complexity index is 407. The standard InChI is InChI=1S/C16H27NO3/c1-11(2)8-12(3)20-10-14(17)13-6-7-15(18-4)16(9-13)19-5/h6-7,9,11-12,14H,8,10,17H2,1-5H3. The number of methoxy groups -OCH3 is 2. The summed E-state index contributed by atoms with van der Waals surface area (Å²) >= 11 is 0. The molecule has 0 heterocycles. The first kappa shape index (κ1) is 16.8. The summed E-state index contributed by atoms with van der Waals surface area (Å²) in [5, 5.41) is 0. The molecule has 0 radical (unpaired) electrons. The highest BCUT2D eigenvalue weighted by molar-refractivity contribution is 5.43. The summed E-state index contributed by atoms with van der Waals surface area (Å²) in [5.41, 5.74) is 7.15. The maximum absolute atomic E-state index is 6.17. The molecule has 1 rings (SSSR count). The monoisotopic (exact) mass is 281 g/mol. The number of ether oxygens (including phenoxy) is 3. The minimum Gasteiger partial charge on any atom is -0.493 e. The topological polar surface area (TPSA) is 53.7 Å². The van der Waals surface area contributed by atoms with Crippen molar-refractivity contribution in [3.05, 3.63) is 23.8 Å². The van der Waals surface area contributed by atoms with Crippen molar-refractivity contribution in [3.63, 3.8) is 0 Å². The van der Waals surface area contributed by atoms with Crippen LogP contribution in [0.3, 0.4) is 0 Å². The molecular weight excluding hydrogens is 254 g/mol. The summed E-state index contributed by atoms with van der Waals surface area (Å²) < 4.78 is 16.3. The van der Waals surface area contributed by atoms with Gasteiger partial charge in [-0.25, -0.2) is 0 Å². The van der Waals surface area contributed by atoms with Gasteiger partial charge >= 0.3 is 0 Å². The van der Waals surface area contributed by atoms with Gasteiger partial charge in [-0.05, 0) is 37.0 Å². The molecule has 0 aromatic heterocycles. The van der Waals surface area contributed by atoms with E-state index < -0.39 is 0 Å². The molecule has 114 valence electrons. The first-order valence-electron chi connectivity index (χ1n) is 7.07. The molecule has 2 atom stereocenters. The summed E-state index contributed by atoms with van der Waals surface area (Å²) in [6.45, 7) is 6.97. The summed E-state index contributed by atoms with van der Waals surface area (Å²) in [4.78, 5) is 0. The van der Waals surface area contributed by atoms with E-state index in [1.807, 2.05) is 18.2 Å². The van der Waals surface area contributed by atoms with Crippen LogP contribution in [-0.4, -0.2) is 26.9 Å². The molecule has 0 aliphatic carbocycles. The number of rotatable bonds is 8. The minimum absolute atomic E-state index is 0.163. The van der Waals surface area contributed by atoms with Crippen LogP contribution in [0.15, 0.2) is 18.2 Å². The molecule has 2 unspecified atom stereocenters. The van der Waals surface area contributed by atoms with Gasteiger partial charge in [-0.3, -0.25) is 0 Å².